The van der Waals surface area contributed by atoms with Crippen LogP contribution in [0.3, 0.4) is 0 Å². The zero-order chi connectivity index (χ0) is 13.6. The summed E-state index contributed by atoms with van der Waals surface area (Å²) in [6.45, 7) is 6.37. The van der Waals surface area contributed by atoms with E-state index in [9.17, 15) is 4.79 Å². The van der Waals surface area contributed by atoms with Gasteiger partial charge in [0, 0.05) is 12.1 Å². The Labute approximate surface area is 111 Å². The standard InChI is InChI=1S/C13H19N5O/c1-8-14-10(7-11-16-17-12(19)18(8)11)15-9-5-4-6-13(9,2)3/h7,9,15H,4-6H2,1-3H3,(H,17,19). The average Bonchev–Trinajstić information content (AvgIpc) is 2.84. The van der Waals surface area contributed by atoms with Crippen LogP contribution in [-0.4, -0.2) is 25.6 Å². The fraction of sp³-hybridized carbons (Fsp3) is 0.615. The van der Waals surface area contributed by atoms with Crippen LogP contribution in [-0.2, 0) is 0 Å². The normalized spacial score (nSPS) is 21.9. The number of hydrogen-bond acceptors (Lipinski definition) is 4. The summed E-state index contributed by atoms with van der Waals surface area (Å²) in [6.07, 6.45) is 3.63. The molecule has 19 heavy (non-hydrogen) atoms. The predicted molar refractivity (Wildman–Crippen MR) is 73.4 cm³/mol. The van der Waals surface area contributed by atoms with Gasteiger partial charge in [-0.3, -0.25) is 0 Å². The number of H-pyrrole nitrogens is 1. The lowest BCUT2D eigenvalue weighted by atomic mass is 9.87. The van der Waals surface area contributed by atoms with Crippen molar-refractivity contribution in [3.05, 3.63) is 22.4 Å². The van der Waals surface area contributed by atoms with Crippen LogP contribution in [0.5, 0.6) is 0 Å². The Hall–Kier alpha value is -1.85. The lowest BCUT2D eigenvalue weighted by Crippen LogP contribution is -2.31. The summed E-state index contributed by atoms with van der Waals surface area (Å²) in [6, 6.07) is 2.24. The minimum absolute atomic E-state index is 0.243. The van der Waals surface area contributed by atoms with Gasteiger partial charge in [0.15, 0.2) is 5.65 Å². The van der Waals surface area contributed by atoms with Crippen LogP contribution < -0.4 is 11.0 Å². The lowest BCUT2D eigenvalue weighted by Gasteiger charge is -2.28. The van der Waals surface area contributed by atoms with Gasteiger partial charge in [-0.15, -0.1) is 0 Å². The number of fused-ring (bicyclic) bond motifs is 1. The summed E-state index contributed by atoms with van der Waals surface area (Å²) in [7, 11) is 0. The number of hydrogen-bond donors (Lipinski definition) is 2. The van der Waals surface area contributed by atoms with Gasteiger partial charge in [-0.2, -0.15) is 5.10 Å². The SMILES string of the molecule is Cc1nc(NC2CCCC2(C)C)cc2n[nH]c(=O)n12. The van der Waals surface area contributed by atoms with Crippen molar-refractivity contribution in [2.45, 2.75) is 46.1 Å². The fourth-order valence-electron chi connectivity index (χ4n) is 2.94. The number of rotatable bonds is 2. The van der Waals surface area contributed by atoms with Crippen molar-refractivity contribution in [2.75, 3.05) is 5.32 Å². The van der Waals surface area contributed by atoms with Crippen LogP contribution in [0.2, 0.25) is 0 Å². The van der Waals surface area contributed by atoms with E-state index >= 15 is 0 Å². The third kappa shape index (κ3) is 2.01. The van der Waals surface area contributed by atoms with E-state index in [4.69, 9.17) is 0 Å². The molecule has 0 amide bonds. The van der Waals surface area contributed by atoms with E-state index in [1.807, 2.05) is 13.0 Å². The molecule has 0 bridgehead atoms. The molecular weight excluding hydrogens is 242 g/mol. The Morgan fingerprint density at radius 3 is 3.00 bits per heavy atom. The molecule has 102 valence electrons. The van der Waals surface area contributed by atoms with Crippen LogP contribution >= 0.6 is 0 Å². The van der Waals surface area contributed by atoms with Crippen LogP contribution in [0.25, 0.3) is 5.65 Å². The number of aromatic amines is 1. The molecule has 1 saturated carbocycles. The van der Waals surface area contributed by atoms with E-state index in [0.717, 1.165) is 12.2 Å². The van der Waals surface area contributed by atoms with E-state index < -0.39 is 0 Å². The Morgan fingerprint density at radius 1 is 1.53 bits per heavy atom. The molecule has 1 fully saturated rings. The van der Waals surface area contributed by atoms with Crippen molar-refractivity contribution >= 4 is 11.5 Å². The zero-order valence-electron chi connectivity index (χ0n) is 11.5. The molecule has 1 aliphatic rings. The minimum Gasteiger partial charge on any atom is -0.367 e. The molecule has 0 radical (unpaired) electrons. The quantitative estimate of drug-likeness (QED) is 0.863. The largest absolute Gasteiger partial charge is 0.367 e. The number of anilines is 1. The van der Waals surface area contributed by atoms with E-state index in [-0.39, 0.29) is 11.1 Å². The highest BCUT2D eigenvalue weighted by Gasteiger charge is 2.34. The van der Waals surface area contributed by atoms with Crippen molar-refractivity contribution in [3.8, 4) is 0 Å². The van der Waals surface area contributed by atoms with Crippen molar-refractivity contribution in [1.29, 1.82) is 0 Å². The Bertz CT molecular complexity index is 669. The molecule has 3 rings (SSSR count). The maximum absolute atomic E-state index is 11.5. The van der Waals surface area contributed by atoms with E-state index in [1.54, 1.807) is 0 Å². The number of nitrogens with one attached hydrogen (secondary N) is 2. The van der Waals surface area contributed by atoms with Crippen molar-refractivity contribution in [3.63, 3.8) is 0 Å². The topological polar surface area (TPSA) is 75.1 Å². The first-order chi connectivity index (χ1) is 8.97. The van der Waals surface area contributed by atoms with Crippen LogP contribution in [0.15, 0.2) is 10.9 Å². The Balaban J connectivity index is 1.96. The zero-order valence-corrected chi connectivity index (χ0v) is 11.5. The first kappa shape index (κ1) is 12.2. The first-order valence-corrected chi connectivity index (χ1v) is 6.69. The van der Waals surface area contributed by atoms with Gasteiger partial charge in [0.1, 0.15) is 11.6 Å². The lowest BCUT2D eigenvalue weighted by molar-refractivity contribution is 0.349. The molecule has 6 heteroatoms. The molecule has 2 aromatic heterocycles. The molecule has 2 heterocycles. The second-order valence-corrected chi connectivity index (χ2v) is 5.99. The predicted octanol–water partition coefficient (Wildman–Crippen LogP) is 1.72. The van der Waals surface area contributed by atoms with Gasteiger partial charge in [0.2, 0.25) is 0 Å². The van der Waals surface area contributed by atoms with Gasteiger partial charge >= 0.3 is 5.69 Å². The van der Waals surface area contributed by atoms with Gasteiger partial charge in [-0.1, -0.05) is 20.3 Å². The van der Waals surface area contributed by atoms with Crippen molar-refractivity contribution in [1.82, 2.24) is 19.6 Å². The highest BCUT2D eigenvalue weighted by molar-refractivity contribution is 5.50. The van der Waals surface area contributed by atoms with Gasteiger partial charge < -0.3 is 5.32 Å². The summed E-state index contributed by atoms with van der Waals surface area (Å²) < 4.78 is 1.48. The van der Waals surface area contributed by atoms with Crippen LogP contribution in [0.1, 0.15) is 38.9 Å². The second-order valence-electron chi connectivity index (χ2n) is 5.99. The Morgan fingerprint density at radius 2 is 2.32 bits per heavy atom. The first-order valence-electron chi connectivity index (χ1n) is 6.69. The summed E-state index contributed by atoms with van der Waals surface area (Å²) in [4.78, 5) is 16.0. The molecule has 1 unspecified atom stereocenters. The maximum atomic E-state index is 11.5. The summed E-state index contributed by atoms with van der Waals surface area (Å²) in [5.74, 6) is 1.44. The molecule has 2 N–H and O–H groups in total. The summed E-state index contributed by atoms with van der Waals surface area (Å²) in [5.41, 5.74) is 0.649. The molecule has 0 saturated heterocycles. The smallest absolute Gasteiger partial charge is 0.349 e. The van der Waals surface area contributed by atoms with Gasteiger partial charge in [0.05, 0.1) is 0 Å². The fourth-order valence-corrected chi connectivity index (χ4v) is 2.94. The molecule has 0 aromatic carbocycles. The Kier molecular flexibility index (Phi) is 2.62. The van der Waals surface area contributed by atoms with Gasteiger partial charge in [0.25, 0.3) is 0 Å². The summed E-state index contributed by atoms with van der Waals surface area (Å²) >= 11 is 0. The molecule has 0 spiro atoms. The van der Waals surface area contributed by atoms with Crippen molar-refractivity contribution in [2.24, 2.45) is 5.41 Å². The molecular formula is C13H19N5O. The van der Waals surface area contributed by atoms with E-state index in [0.29, 0.717) is 17.5 Å². The van der Waals surface area contributed by atoms with E-state index in [1.165, 1.54) is 17.2 Å². The maximum Gasteiger partial charge on any atom is 0.349 e. The highest BCUT2D eigenvalue weighted by Crippen LogP contribution is 2.38. The molecule has 2 aromatic rings. The second kappa shape index (κ2) is 4.08. The molecule has 1 aliphatic carbocycles. The van der Waals surface area contributed by atoms with E-state index in [2.05, 4.69) is 34.3 Å². The molecule has 1 atom stereocenters. The third-order valence-electron chi connectivity index (χ3n) is 4.15. The van der Waals surface area contributed by atoms with Crippen molar-refractivity contribution < 1.29 is 0 Å². The number of aromatic nitrogens is 4. The van der Waals surface area contributed by atoms with Crippen LogP contribution in [0.4, 0.5) is 5.82 Å². The monoisotopic (exact) mass is 261 g/mol. The minimum atomic E-state index is -0.243. The van der Waals surface area contributed by atoms with Gasteiger partial charge in [-0.25, -0.2) is 19.3 Å². The average molecular weight is 261 g/mol. The molecule has 0 aliphatic heterocycles. The van der Waals surface area contributed by atoms with Gasteiger partial charge in [-0.05, 0) is 25.2 Å². The number of aryl methyl sites for hydroxylation is 1. The molecule has 6 nitrogen and oxygen atoms in total. The highest BCUT2D eigenvalue weighted by atomic mass is 16.1. The summed E-state index contributed by atoms with van der Waals surface area (Å²) in [5, 5.41) is 9.93. The van der Waals surface area contributed by atoms with Crippen LogP contribution in [0, 0.1) is 12.3 Å². The number of nitrogens with zero attached hydrogens (tertiary/aromatic N) is 3. The third-order valence-corrected chi connectivity index (χ3v) is 4.15.